The van der Waals surface area contributed by atoms with Crippen molar-refractivity contribution >= 4 is 11.7 Å². The lowest BCUT2D eigenvalue weighted by Crippen LogP contribution is -2.49. The van der Waals surface area contributed by atoms with Gasteiger partial charge in [-0.25, -0.2) is 13.2 Å². The molecule has 0 unspecified atom stereocenters. The Balaban J connectivity index is 2.08. The number of nitrogens with one attached hydrogen (secondary N) is 1. The van der Waals surface area contributed by atoms with Gasteiger partial charge in [-0.1, -0.05) is 12.1 Å². The number of benzene rings is 1. The maximum absolute atomic E-state index is 13.0. The smallest absolute Gasteiger partial charge is 0.258 e. The first-order valence-electron chi connectivity index (χ1n) is 8.18. The van der Waals surface area contributed by atoms with Crippen molar-refractivity contribution in [2.45, 2.75) is 44.7 Å². The van der Waals surface area contributed by atoms with Gasteiger partial charge in [0.1, 0.15) is 5.82 Å². The minimum atomic E-state index is -3.11. The van der Waals surface area contributed by atoms with Gasteiger partial charge in [0.05, 0.1) is 12.1 Å². The summed E-state index contributed by atoms with van der Waals surface area (Å²) in [5.74, 6) is -5.38. The van der Waals surface area contributed by atoms with E-state index < -0.39 is 41.9 Å². The molecule has 2 rings (SSSR count). The van der Waals surface area contributed by atoms with Crippen LogP contribution in [0.25, 0.3) is 11.5 Å². The number of alkyl halides is 2. The Bertz CT molecular complexity index is 803. The minimum Gasteiger partial charge on any atom is -0.344 e. The first kappa shape index (κ1) is 20.6. The number of rotatable bonds is 8. The number of nitrogens with zero attached hydrogens (tertiary/aromatic N) is 2. The molecule has 27 heavy (non-hydrogen) atoms. The predicted octanol–water partition coefficient (Wildman–Crippen LogP) is 2.33. The SMILES string of the molecule is CC[C@H](NC(=O)[C@@H](N)CC(C)(F)F)C(=O)c1noc(-c2ccc(F)cc2)n1. The van der Waals surface area contributed by atoms with E-state index in [1.54, 1.807) is 6.92 Å². The van der Waals surface area contributed by atoms with Crippen LogP contribution in [0.4, 0.5) is 13.2 Å². The quantitative estimate of drug-likeness (QED) is 0.676. The Kier molecular flexibility index (Phi) is 6.32. The molecule has 3 N–H and O–H groups in total. The molecule has 0 radical (unpaired) electrons. The fourth-order valence-corrected chi connectivity index (χ4v) is 2.30. The normalized spacial score (nSPS) is 13.9. The Morgan fingerprint density at radius 2 is 1.93 bits per heavy atom. The van der Waals surface area contributed by atoms with Crippen molar-refractivity contribution in [2.75, 3.05) is 0 Å². The van der Waals surface area contributed by atoms with Crippen molar-refractivity contribution in [1.29, 1.82) is 0 Å². The molecule has 1 heterocycles. The molecule has 0 spiro atoms. The Morgan fingerprint density at radius 3 is 2.48 bits per heavy atom. The van der Waals surface area contributed by atoms with Gasteiger partial charge in [0.25, 0.3) is 5.89 Å². The number of ketones is 1. The fourth-order valence-electron chi connectivity index (χ4n) is 2.30. The highest BCUT2D eigenvalue weighted by Crippen LogP contribution is 2.19. The van der Waals surface area contributed by atoms with Crippen LogP contribution in [0.2, 0.25) is 0 Å². The molecule has 2 aromatic rings. The number of carbonyl (C=O) groups is 2. The maximum Gasteiger partial charge on any atom is 0.258 e. The molecule has 1 aromatic carbocycles. The molecule has 0 saturated carbocycles. The van der Waals surface area contributed by atoms with Gasteiger partial charge in [0.15, 0.2) is 0 Å². The highest BCUT2D eigenvalue weighted by molar-refractivity contribution is 5.99. The third kappa shape index (κ3) is 5.61. The molecule has 7 nitrogen and oxygen atoms in total. The van der Waals surface area contributed by atoms with Crippen LogP contribution < -0.4 is 11.1 Å². The second-order valence-electron chi connectivity index (χ2n) is 6.14. The van der Waals surface area contributed by atoms with Crippen LogP contribution in [0, 0.1) is 5.82 Å². The molecule has 1 aromatic heterocycles. The van der Waals surface area contributed by atoms with Gasteiger partial charge >= 0.3 is 0 Å². The second-order valence-corrected chi connectivity index (χ2v) is 6.14. The van der Waals surface area contributed by atoms with Crippen molar-refractivity contribution in [3.05, 3.63) is 35.9 Å². The number of carbonyl (C=O) groups excluding carboxylic acids is 2. The maximum atomic E-state index is 13.0. The number of Topliss-reactive ketones (excluding diaryl/α,β-unsaturated/α-hetero) is 1. The van der Waals surface area contributed by atoms with Crippen LogP contribution in [-0.2, 0) is 4.79 Å². The van der Waals surface area contributed by atoms with Crippen molar-refractivity contribution in [1.82, 2.24) is 15.5 Å². The van der Waals surface area contributed by atoms with Crippen LogP contribution >= 0.6 is 0 Å². The summed E-state index contributed by atoms with van der Waals surface area (Å²) in [6.45, 7) is 2.27. The number of halogens is 3. The summed E-state index contributed by atoms with van der Waals surface area (Å²) >= 11 is 0. The van der Waals surface area contributed by atoms with E-state index in [1.165, 1.54) is 24.3 Å². The number of hydrogen-bond acceptors (Lipinski definition) is 6. The molecule has 146 valence electrons. The van der Waals surface area contributed by atoms with Crippen LogP contribution in [-0.4, -0.2) is 39.8 Å². The number of aromatic nitrogens is 2. The van der Waals surface area contributed by atoms with Crippen molar-refractivity contribution in [3.8, 4) is 11.5 Å². The molecular weight excluding hydrogens is 365 g/mol. The molecular formula is C17H19F3N4O3. The van der Waals surface area contributed by atoms with Gasteiger partial charge in [0.2, 0.25) is 23.4 Å². The summed E-state index contributed by atoms with van der Waals surface area (Å²) in [6.07, 6.45) is -0.680. The van der Waals surface area contributed by atoms with Gasteiger partial charge in [-0.2, -0.15) is 4.98 Å². The molecule has 0 saturated heterocycles. The minimum absolute atomic E-state index is 0.00172. The monoisotopic (exact) mass is 384 g/mol. The average Bonchev–Trinajstić information content (AvgIpc) is 3.08. The zero-order valence-electron chi connectivity index (χ0n) is 14.7. The lowest BCUT2D eigenvalue weighted by atomic mass is 10.1. The average molecular weight is 384 g/mol. The first-order chi connectivity index (χ1) is 12.6. The van der Waals surface area contributed by atoms with Gasteiger partial charge in [0, 0.05) is 12.0 Å². The third-order valence-corrected chi connectivity index (χ3v) is 3.69. The van der Waals surface area contributed by atoms with Crippen LogP contribution in [0.15, 0.2) is 28.8 Å². The molecule has 0 aliphatic rings. The van der Waals surface area contributed by atoms with Gasteiger partial charge in [-0.05, 0) is 37.6 Å². The molecule has 0 aliphatic carbocycles. The van der Waals surface area contributed by atoms with Crippen LogP contribution in [0.1, 0.15) is 37.3 Å². The standard InChI is InChI=1S/C17H19F3N4O3/c1-3-12(22-15(26)11(21)8-17(2,19)20)13(25)14-23-16(27-24-14)9-4-6-10(18)7-5-9/h4-7,11-12H,3,8,21H2,1-2H3,(H,22,26)/t11-,12-/m0/s1. The van der Waals surface area contributed by atoms with Gasteiger partial charge in [-0.3, -0.25) is 9.59 Å². The summed E-state index contributed by atoms with van der Waals surface area (Å²) in [4.78, 5) is 28.4. The van der Waals surface area contributed by atoms with Gasteiger partial charge in [-0.15, -0.1) is 0 Å². The van der Waals surface area contributed by atoms with Gasteiger partial charge < -0.3 is 15.6 Å². The zero-order chi connectivity index (χ0) is 20.2. The fraction of sp³-hybridized carbons (Fsp3) is 0.412. The Morgan fingerprint density at radius 1 is 1.30 bits per heavy atom. The molecule has 1 amide bonds. The highest BCUT2D eigenvalue weighted by Gasteiger charge is 2.31. The Hall–Kier alpha value is -2.75. The van der Waals surface area contributed by atoms with Crippen LogP contribution in [0.5, 0.6) is 0 Å². The lowest BCUT2D eigenvalue weighted by molar-refractivity contribution is -0.125. The van der Waals surface area contributed by atoms with E-state index in [0.717, 1.165) is 0 Å². The number of amides is 1. The predicted molar refractivity (Wildman–Crippen MR) is 89.5 cm³/mol. The zero-order valence-corrected chi connectivity index (χ0v) is 14.7. The van der Waals surface area contributed by atoms with E-state index in [4.69, 9.17) is 10.3 Å². The summed E-state index contributed by atoms with van der Waals surface area (Å²) in [5, 5.41) is 5.89. The Labute approximate surface area is 153 Å². The van der Waals surface area contributed by atoms with Crippen molar-refractivity contribution in [3.63, 3.8) is 0 Å². The summed E-state index contributed by atoms with van der Waals surface area (Å²) in [7, 11) is 0. The lowest BCUT2D eigenvalue weighted by Gasteiger charge is -2.19. The van der Waals surface area contributed by atoms with E-state index in [0.29, 0.717) is 12.5 Å². The van der Waals surface area contributed by atoms with E-state index >= 15 is 0 Å². The second kappa shape index (κ2) is 8.30. The largest absolute Gasteiger partial charge is 0.344 e. The van der Waals surface area contributed by atoms with E-state index in [-0.39, 0.29) is 18.1 Å². The third-order valence-electron chi connectivity index (χ3n) is 3.69. The summed E-state index contributed by atoms with van der Waals surface area (Å²) in [5.41, 5.74) is 5.86. The first-order valence-corrected chi connectivity index (χ1v) is 8.18. The van der Waals surface area contributed by atoms with E-state index in [9.17, 15) is 22.8 Å². The van der Waals surface area contributed by atoms with E-state index in [1.807, 2.05) is 0 Å². The topological polar surface area (TPSA) is 111 Å². The van der Waals surface area contributed by atoms with E-state index in [2.05, 4.69) is 15.5 Å². The van der Waals surface area contributed by atoms with Crippen molar-refractivity contribution in [2.24, 2.45) is 5.73 Å². The molecule has 0 aliphatic heterocycles. The molecule has 0 fully saturated rings. The molecule has 0 bridgehead atoms. The summed E-state index contributed by atoms with van der Waals surface area (Å²) < 4.78 is 43.9. The van der Waals surface area contributed by atoms with Crippen molar-refractivity contribution < 1.29 is 27.3 Å². The molecule has 10 heteroatoms. The number of hydrogen-bond donors (Lipinski definition) is 2. The van der Waals surface area contributed by atoms with Crippen LogP contribution in [0.3, 0.4) is 0 Å². The summed E-state index contributed by atoms with van der Waals surface area (Å²) in [6, 6.07) is 2.68. The highest BCUT2D eigenvalue weighted by atomic mass is 19.3. The number of nitrogens with two attached hydrogens (primary N) is 1. The molecule has 2 atom stereocenters.